The van der Waals surface area contributed by atoms with Gasteiger partial charge in [-0.3, -0.25) is 0 Å². The van der Waals surface area contributed by atoms with Crippen molar-refractivity contribution in [2.75, 3.05) is 12.4 Å². The van der Waals surface area contributed by atoms with Crippen LogP contribution in [0.25, 0.3) is 0 Å². The maximum Gasteiger partial charge on any atom is 0.0578 e. The summed E-state index contributed by atoms with van der Waals surface area (Å²) in [6, 6.07) is 0. The van der Waals surface area contributed by atoms with Gasteiger partial charge in [-0.1, -0.05) is 20.8 Å². The molecular weight excluding hydrogens is 192 g/mol. The molecule has 0 spiro atoms. The molecule has 0 bridgehead atoms. The quantitative estimate of drug-likeness (QED) is 0.709. The highest BCUT2D eigenvalue weighted by Crippen LogP contribution is 2.31. The fourth-order valence-corrected chi connectivity index (χ4v) is 2.11. The van der Waals surface area contributed by atoms with Crippen LogP contribution in [-0.4, -0.2) is 18.5 Å². The Morgan fingerprint density at radius 2 is 2.00 bits per heavy atom. The summed E-state index contributed by atoms with van der Waals surface area (Å²) in [5.41, 5.74) is 0. The van der Waals surface area contributed by atoms with Crippen LogP contribution in [0.4, 0.5) is 0 Å². The van der Waals surface area contributed by atoms with Crippen molar-refractivity contribution in [2.45, 2.75) is 46.1 Å². The van der Waals surface area contributed by atoms with Crippen molar-refractivity contribution in [1.82, 2.24) is 0 Å². The highest BCUT2D eigenvalue weighted by molar-refractivity contribution is 7.80. The summed E-state index contributed by atoms with van der Waals surface area (Å²) in [6.45, 7) is 7.79. The first-order valence-electron chi connectivity index (χ1n) is 5.86. The van der Waals surface area contributed by atoms with Gasteiger partial charge < -0.3 is 4.74 Å². The second-order valence-corrected chi connectivity index (χ2v) is 5.38. The van der Waals surface area contributed by atoms with Crippen LogP contribution in [0.5, 0.6) is 0 Å². The molecule has 0 aliphatic heterocycles. The van der Waals surface area contributed by atoms with E-state index in [1.165, 1.54) is 19.3 Å². The van der Waals surface area contributed by atoms with Crippen molar-refractivity contribution in [2.24, 2.45) is 17.8 Å². The summed E-state index contributed by atoms with van der Waals surface area (Å²) in [5, 5.41) is 0. The molecule has 0 aromatic rings. The zero-order valence-corrected chi connectivity index (χ0v) is 10.6. The molecule has 0 aromatic carbocycles. The highest BCUT2D eigenvalue weighted by Gasteiger charge is 2.25. The van der Waals surface area contributed by atoms with E-state index < -0.39 is 0 Å². The zero-order chi connectivity index (χ0) is 10.6. The van der Waals surface area contributed by atoms with Gasteiger partial charge in [-0.25, -0.2) is 0 Å². The van der Waals surface area contributed by atoms with Gasteiger partial charge >= 0.3 is 0 Å². The molecule has 0 amide bonds. The van der Waals surface area contributed by atoms with Crippen molar-refractivity contribution >= 4 is 12.6 Å². The van der Waals surface area contributed by atoms with Gasteiger partial charge in [-0.2, -0.15) is 12.6 Å². The number of rotatable bonds is 4. The molecule has 4 atom stereocenters. The van der Waals surface area contributed by atoms with Crippen LogP contribution in [-0.2, 0) is 4.74 Å². The number of hydrogen-bond donors (Lipinski definition) is 1. The van der Waals surface area contributed by atoms with Gasteiger partial charge in [-0.05, 0) is 42.8 Å². The van der Waals surface area contributed by atoms with Gasteiger partial charge in [0.05, 0.1) is 12.7 Å². The molecular formula is C12H24OS. The Morgan fingerprint density at radius 3 is 2.57 bits per heavy atom. The van der Waals surface area contributed by atoms with Crippen LogP contribution in [0.3, 0.4) is 0 Å². The molecule has 1 aliphatic carbocycles. The normalized spacial score (nSPS) is 35.6. The van der Waals surface area contributed by atoms with E-state index in [0.717, 1.165) is 24.2 Å². The molecule has 0 saturated heterocycles. The molecule has 2 heteroatoms. The molecule has 14 heavy (non-hydrogen) atoms. The van der Waals surface area contributed by atoms with E-state index in [9.17, 15) is 0 Å². The van der Waals surface area contributed by atoms with E-state index in [2.05, 4.69) is 33.4 Å². The molecule has 1 aliphatic rings. The first-order valence-corrected chi connectivity index (χ1v) is 6.49. The number of ether oxygens (including phenoxy) is 1. The predicted octanol–water partition coefficient (Wildman–Crippen LogP) is 3.39. The fraction of sp³-hybridized carbons (Fsp3) is 1.00. The Hall–Kier alpha value is 0.310. The monoisotopic (exact) mass is 216 g/mol. The predicted molar refractivity (Wildman–Crippen MR) is 64.9 cm³/mol. The Morgan fingerprint density at radius 1 is 1.29 bits per heavy atom. The van der Waals surface area contributed by atoms with Gasteiger partial charge in [0.25, 0.3) is 0 Å². The van der Waals surface area contributed by atoms with Crippen LogP contribution in [0.1, 0.15) is 40.0 Å². The molecule has 0 N–H and O–H groups in total. The summed E-state index contributed by atoms with van der Waals surface area (Å²) in [5.74, 6) is 3.24. The van der Waals surface area contributed by atoms with Gasteiger partial charge in [0.1, 0.15) is 0 Å². The van der Waals surface area contributed by atoms with Crippen LogP contribution >= 0.6 is 12.6 Å². The van der Waals surface area contributed by atoms with Crippen LogP contribution < -0.4 is 0 Å². The minimum atomic E-state index is 0.517. The number of thiol groups is 1. The van der Waals surface area contributed by atoms with Crippen molar-refractivity contribution in [1.29, 1.82) is 0 Å². The lowest BCUT2D eigenvalue weighted by molar-refractivity contribution is -0.00864. The molecule has 0 radical (unpaired) electrons. The summed E-state index contributed by atoms with van der Waals surface area (Å²) in [7, 11) is 0. The Kier molecular flexibility index (Phi) is 5.32. The molecule has 1 nitrogen and oxygen atoms in total. The maximum absolute atomic E-state index is 5.91. The lowest BCUT2D eigenvalue weighted by atomic mass is 9.80. The minimum absolute atomic E-state index is 0.517. The third-order valence-corrected chi connectivity index (χ3v) is 4.10. The smallest absolute Gasteiger partial charge is 0.0578 e. The van der Waals surface area contributed by atoms with Crippen molar-refractivity contribution in [3.8, 4) is 0 Å². The second kappa shape index (κ2) is 6.02. The first kappa shape index (κ1) is 12.4. The SMILES string of the molecule is CC(CS)COC1CCC(C)C(C)C1. The van der Waals surface area contributed by atoms with E-state index in [4.69, 9.17) is 4.74 Å². The molecule has 1 rings (SSSR count). The maximum atomic E-state index is 5.91. The largest absolute Gasteiger partial charge is 0.378 e. The average Bonchev–Trinajstić information content (AvgIpc) is 2.19. The Balaban J connectivity index is 2.20. The Bertz CT molecular complexity index is 160. The molecule has 0 aromatic heterocycles. The first-order chi connectivity index (χ1) is 6.63. The molecule has 0 heterocycles. The summed E-state index contributed by atoms with van der Waals surface area (Å²) >= 11 is 4.27. The summed E-state index contributed by atoms with van der Waals surface area (Å²) < 4.78 is 5.91. The zero-order valence-electron chi connectivity index (χ0n) is 9.70. The topological polar surface area (TPSA) is 9.23 Å². The van der Waals surface area contributed by atoms with E-state index in [0.29, 0.717) is 12.0 Å². The van der Waals surface area contributed by atoms with Crippen LogP contribution in [0.2, 0.25) is 0 Å². The summed E-state index contributed by atoms with van der Waals surface area (Å²) in [6.07, 6.45) is 4.36. The van der Waals surface area contributed by atoms with Crippen molar-refractivity contribution in [3.05, 3.63) is 0 Å². The average molecular weight is 216 g/mol. The minimum Gasteiger partial charge on any atom is -0.378 e. The highest BCUT2D eigenvalue weighted by atomic mass is 32.1. The van der Waals surface area contributed by atoms with Gasteiger partial charge in [0.15, 0.2) is 0 Å². The van der Waals surface area contributed by atoms with Crippen LogP contribution in [0.15, 0.2) is 0 Å². The standard InChI is InChI=1S/C12H24OS/c1-9(8-14)7-13-12-5-4-10(2)11(3)6-12/h9-12,14H,4-8H2,1-3H3. The van der Waals surface area contributed by atoms with Gasteiger partial charge in [-0.15, -0.1) is 0 Å². The lowest BCUT2D eigenvalue weighted by Crippen LogP contribution is -2.28. The summed E-state index contributed by atoms with van der Waals surface area (Å²) in [4.78, 5) is 0. The molecule has 1 saturated carbocycles. The van der Waals surface area contributed by atoms with Gasteiger partial charge in [0, 0.05) is 0 Å². The van der Waals surface area contributed by atoms with Crippen LogP contribution in [0, 0.1) is 17.8 Å². The van der Waals surface area contributed by atoms with Crippen molar-refractivity contribution < 1.29 is 4.74 Å². The van der Waals surface area contributed by atoms with E-state index in [1.54, 1.807) is 0 Å². The fourth-order valence-electron chi connectivity index (χ4n) is 2.00. The number of hydrogen-bond acceptors (Lipinski definition) is 2. The van der Waals surface area contributed by atoms with E-state index in [-0.39, 0.29) is 0 Å². The third-order valence-electron chi connectivity index (χ3n) is 3.48. The van der Waals surface area contributed by atoms with E-state index in [1.807, 2.05) is 0 Å². The van der Waals surface area contributed by atoms with Gasteiger partial charge in [0.2, 0.25) is 0 Å². The third kappa shape index (κ3) is 3.82. The molecule has 84 valence electrons. The lowest BCUT2D eigenvalue weighted by Gasteiger charge is -2.32. The Labute approximate surface area is 94.0 Å². The molecule has 4 unspecified atom stereocenters. The second-order valence-electron chi connectivity index (χ2n) is 5.01. The van der Waals surface area contributed by atoms with Crippen molar-refractivity contribution in [3.63, 3.8) is 0 Å². The van der Waals surface area contributed by atoms with E-state index >= 15 is 0 Å². The molecule has 1 fully saturated rings.